The number of aromatic nitrogens is 4. The van der Waals surface area contributed by atoms with Gasteiger partial charge in [-0.15, -0.1) is 10.2 Å². The Morgan fingerprint density at radius 3 is 2.30 bits per heavy atom. The lowest BCUT2D eigenvalue weighted by Gasteiger charge is -2.18. The maximum atomic E-state index is 14.3. The predicted octanol–water partition coefficient (Wildman–Crippen LogP) is 4.73. The molecule has 3 heterocycles. The van der Waals surface area contributed by atoms with Gasteiger partial charge in [-0.1, -0.05) is 0 Å². The number of fused-ring (bicyclic) bond motifs is 1. The first kappa shape index (κ1) is 21.8. The highest BCUT2D eigenvalue weighted by Gasteiger charge is 2.40. The third-order valence-electron chi connectivity index (χ3n) is 3.94. The van der Waals surface area contributed by atoms with Crippen LogP contribution in [0.15, 0.2) is 30.6 Å². The molecule has 1 atom stereocenters. The van der Waals surface area contributed by atoms with Crippen molar-refractivity contribution < 1.29 is 35.8 Å². The Balaban J connectivity index is 1.95. The monoisotopic (exact) mass is 434 g/mol. The Kier molecular flexibility index (Phi) is 5.63. The van der Waals surface area contributed by atoms with Crippen LogP contribution in [0.1, 0.15) is 26.6 Å². The molecule has 0 spiro atoms. The van der Waals surface area contributed by atoms with E-state index in [0.717, 1.165) is 23.6 Å². The van der Waals surface area contributed by atoms with Crippen LogP contribution >= 0.6 is 0 Å². The molecule has 6 nitrogen and oxygen atoms in total. The highest BCUT2D eigenvalue weighted by molar-refractivity contribution is 5.64. The van der Waals surface area contributed by atoms with Crippen LogP contribution < -0.4 is 4.74 Å². The minimum absolute atomic E-state index is 0.0909. The summed E-state index contributed by atoms with van der Waals surface area (Å²) in [4.78, 5) is 3.58. The molecule has 0 fully saturated rings. The highest BCUT2D eigenvalue weighted by Crippen LogP contribution is 2.32. The van der Waals surface area contributed by atoms with Gasteiger partial charge in [-0.25, -0.2) is 9.37 Å². The summed E-state index contributed by atoms with van der Waals surface area (Å²) in [5, 5.41) is 7.11. The predicted molar refractivity (Wildman–Crippen MR) is 92.4 cm³/mol. The molecule has 162 valence electrons. The van der Waals surface area contributed by atoms with Gasteiger partial charge in [0.05, 0.1) is 6.10 Å². The molecule has 1 unspecified atom stereocenters. The molecule has 0 N–H and O–H groups in total. The van der Waals surface area contributed by atoms with Gasteiger partial charge >= 0.3 is 12.3 Å². The van der Waals surface area contributed by atoms with E-state index in [0.29, 0.717) is 0 Å². The maximum absolute atomic E-state index is 14.3. The summed E-state index contributed by atoms with van der Waals surface area (Å²) >= 11 is 0. The molecular weight excluding hydrogens is 418 g/mol. The number of nitrogens with zero attached hydrogens (tertiary/aromatic N) is 4. The molecule has 3 aromatic heterocycles. The summed E-state index contributed by atoms with van der Waals surface area (Å²) < 4.78 is 90.7. The van der Waals surface area contributed by atoms with Crippen molar-refractivity contribution in [3.05, 3.63) is 42.2 Å². The van der Waals surface area contributed by atoms with E-state index >= 15 is 0 Å². The van der Waals surface area contributed by atoms with Crippen LogP contribution in [0, 0.1) is 5.82 Å². The number of alkyl halides is 5. The van der Waals surface area contributed by atoms with E-state index in [1.165, 1.54) is 32.2 Å². The smallest absolute Gasteiger partial charge is 0.425 e. The topological polar surface area (TPSA) is 61.5 Å². The SMILES string of the molecule is CC(C)OC(F)(F)c1nnc2ccc(-c3cnc(OC(C)C(F)(F)F)c(F)c3)cn12. The van der Waals surface area contributed by atoms with Crippen molar-refractivity contribution in [2.75, 3.05) is 0 Å². The largest absolute Gasteiger partial charge is 0.463 e. The van der Waals surface area contributed by atoms with Crippen molar-refractivity contribution in [3.8, 4) is 17.0 Å². The van der Waals surface area contributed by atoms with E-state index in [9.17, 15) is 26.3 Å². The van der Waals surface area contributed by atoms with Gasteiger partial charge in [0.25, 0.3) is 5.88 Å². The Labute approximate surface area is 166 Å². The van der Waals surface area contributed by atoms with Crippen LogP contribution in [-0.2, 0) is 10.8 Å². The van der Waals surface area contributed by atoms with Crippen molar-refractivity contribution in [3.63, 3.8) is 0 Å². The van der Waals surface area contributed by atoms with Crippen molar-refractivity contribution in [2.24, 2.45) is 0 Å². The summed E-state index contributed by atoms with van der Waals surface area (Å²) in [6.45, 7) is 3.58. The summed E-state index contributed by atoms with van der Waals surface area (Å²) in [7, 11) is 0. The lowest BCUT2D eigenvalue weighted by molar-refractivity contribution is -0.272. The first-order valence-corrected chi connectivity index (χ1v) is 8.68. The van der Waals surface area contributed by atoms with Crippen LogP contribution in [-0.4, -0.2) is 38.0 Å². The Bertz CT molecular complexity index is 1050. The van der Waals surface area contributed by atoms with E-state index in [-0.39, 0.29) is 16.8 Å². The molecule has 0 aliphatic heterocycles. The second-order valence-electron chi connectivity index (χ2n) is 6.67. The third kappa shape index (κ3) is 4.48. The first-order chi connectivity index (χ1) is 13.9. The quantitative estimate of drug-likeness (QED) is 0.525. The van der Waals surface area contributed by atoms with Gasteiger partial charge < -0.3 is 9.47 Å². The molecule has 0 saturated carbocycles. The molecule has 0 aliphatic rings. The minimum Gasteiger partial charge on any atom is -0.463 e. The maximum Gasteiger partial charge on any atom is 0.425 e. The summed E-state index contributed by atoms with van der Waals surface area (Å²) in [6, 6.07) is 3.70. The molecule has 3 rings (SSSR count). The third-order valence-corrected chi connectivity index (χ3v) is 3.94. The zero-order valence-corrected chi connectivity index (χ0v) is 15.9. The molecule has 0 amide bonds. The number of hydrogen-bond acceptors (Lipinski definition) is 5. The number of pyridine rings is 2. The van der Waals surface area contributed by atoms with E-state index in [4.69, 9.17) is 0 Å². The fraction of sp³-hybridized carbons (Fsp3) is 0.389. The van der Waals surface area contributed by atoms with Crippen molar-refractivity contribution in [1.82, 2.24) is 19.6 Å². The fourth-order valence-electron chi connectivity index (χ4n) is 2.51. The molecule has 0 saturated heterocycles. The average molecular weight is 434 g/mol. The van der Waals surface area contributed by atoms with E-state index in [1.54, 1.807) is 0 Å². The van der Waals surface area contributed by atoms with Crippen LogP contribution in [0.3, 0.4) is 0 Å². The molecule has 3 aromatic rings. The molecule has 0 aromatic carbocycles. The average Bonchev–Trinajstić information content (AvgIpc) is 3.05. The molecule has 0 aliphatic carbocycles. The standard InChI is InChI=1S/C18H16F6N4O2/c1-9(2)30-18(23,24)16-27-26-14-5-4-11(8-28(14)16)12-6-13(19)15(25-7-12)29-10(3)17(20,21)22/h4-10H,1-3H3. The number of ether oxygens (including phenoxy) is 2. The Hall–Kier alpha value is -2.89. The van der Waals surface area contributed by atoms with Crippen LogP contribution in [0.2, 0.25) is 0 Å². The van der Waals surface area contributed by atoms with Gasteiger partial charge in [-0.3, -0.25) is 4.40 Å². The molecular formula is C18H16F6N4O2. The van der Waals surface area contributed by atoms with E-state index in [1.807, 2.05) is 0 Å². The molecule has 0 radical (unpaired) electrons. The molecule has 30 heavy (non-hydrogen) atoms. The van der Waals surface area contributed by atoms with Crippen molar-refractivity contribution in [1.29, 1.82) is 0 Å². The molecule has 0 bridgehead atoms. The van der Waals surface area contributed by atoms with Gasteiger partial charge in [0.15, 0.2) is 17.6 Å². The minimum atomic E-state index is -4.69. The Morgan fingerprint density at radius 1 is 1.00 bits per heavy atom. The normalized spacial score (nSPS) is 13.8. The number of hydrogen-bond donors (Lipinski definition) is 0. The lowest BCUT2D eigenvalue weighted by Crippen LogP contribution is -2.31. The van der Waals surface area contributed by atoms with Gasteiger partial charge in [-0.2, -0.15) is 22.0 Å². The van der Waals surface area contributed by atoms with Gasteiger partial charge in [0, 0.05) is 23.5 Å². The zero-order chi connectivity index (χ0) is 22.3. The van der Waals surface area contributed by atoms with Gasteiger partial charge in [0.2, 0.25) is 5.82 Å². The van der Waals surface area contributed by atoms with Gasteiger partial charge in [-0.05, 0) is 39.0 Å². The number of halogens is 6. The van der Waals surface area contributed by atoms with E-state index in [2.05, 4.69) is 24.7 Å². The second-order valence-corrected chi connectivity index (χ2v) is 6.67. The highest BCUT2D eigenvalue weighted by atomic mass is 19.4. The van der Waals surface area contributed by atoms with Crippen LogP contribution in [0.25, 0.3) is 16.8 Å². The summed E-state index contributed by atoms with van der Waals surface area (Å²) in [6.07, 6.45) is -9.19. The zero-order valence-electron chi connectivity index (χ0n) is 15.9. The summed E-state index contributed by atoms with van der Waals surface area (Å²) in [5.41, 5.74) is 0.452. The van der Waals surface area contributed by atoms with E-state index < -0.39 is 42.0 Å². The van der Waals surface area contributed by atoms with Crippen molar-refractivity contribution in [2.45, 2.75) is 45.3 Å². The van der Waals surface area contributed by atoms with Crippen LogP contribution in [0.5, 0.6) is 5.88 Å². The van der Waals surface area contributed by atoms with Crippen molar-refractivity contribution >= 4 is 5.65 Å². The first-order valence-electron chi connectivity index (χ1n) is 8.68. The fourth-order valence-corrected chi connectivity index (χ4v) is 2.51. The summed E-state index contributed by atoms with van der Waals surface area (Å²) in [5.74, 6) is -2.74. The molecule has 12 heteroatoms. The van der Waals surface area contributed by atoms with Gasteiger partial charge in [0.1, 0.15) is 0 Å². The second kappa shape index (κ2) is 7.74. The Morgan fingerprint density at radius 2 is 1.70 bits per heavy atom. The van der Waals surface area contributed by atoms with Crippen LogP contribution in [0.4, 0.5) is 26.3 Å². The lowest BCUT2D eigenvalue weighted by atomic mass is 10.1. The number of rotatable bonds is 6.